The van der Waals surface area contributed by atoms with Crippen molar-refractivity contribution in [2.75, 3.05) is 6.54 Å². The zero-order valence-corrected chi connectivity index (χ0v) is 12.8. The highest BCUT2D eigenvalue weighted by atomic mass is 16.3. The number of aliphatic hydroxyl groups is 1. The van der Waals surface area contributed by atoms with Crippen molar-refractivity contribution in [3.63, 3.8) is 0 Å². The Labute approximate surface area is 123 Å². The average molecular weight is 275 g/mol. The number of hydrogen-bond donors (Lipinski definition) is 2. The molecule has 3 N–H and O–H groups in total. The quantitative estimate of drug-likeness (QED) is 0.799. The highest BCUT2D eigenvalue weighted by molar-refractivity contribution is 5.26. The first-order valence-electron chi connectivity index (χ1n) is 8.16. The summed E-state index contributed by atoms with van der Waals surface area (Å²) in [5.41, 5.74) is 6.32. The van der Waals surface area contributed by atoms with Crippen LogP contribution in [0.4, 0.5) is 0 Å². The maximum Gasteiger partial charge on any atom is 0.0964 e. The Balaban J connectivity index is 2.43. The molecule has 0 spiro atoms. The summed E-state index contributed by atoms with van der Waals surface area (Å²) in [4.78, 5) is 0. The average Bonchev–Trinajstić information content (AvgIpc) is 2.75. The molecule has 20 heavy (non-hydrogen) atoms. The molecule has 2 nitrogen and oxygen atoms in total. The van der Waals surface area contributed by atoms with Gasteiger partial charge in [0.1, 0.15) is 0 Å². The van der Waals surface area contributed by atoms with Gasteiger partial charge in [-0.2, -0.15) is 0 Å². The molecule has 1 aromatic carbocycles. The van der Waals surface area contributed by atoms with E-state index in [9.17, 15) is 5.11 Å². The van der Waals surface area contributed by atoms with Gasteiger partial charge in [-0.3, -0.25) is 0 Å². The second-order valence-corrected chi connectivity index (χ2v) is 6.37. The zero-order valence-electron chi connectivity index (χ0n) is 12.8. The fourth-order valence-corrected chi connectivity index (χ4v) is 3.98. The van der Waals surface area contributed by atoms with Gasteiger partial charge >= 0.3 is 0 Å². The molecule has 2 rings (SSSR count). The molecule has 0 heterocycles. The maximum absolute atomic E-state index is 11.6. The molecular formula is C18H29NO. The van der Waals surface area contributed by atoms with Crippen molar-refractivity contribution < 1.29 is 5.11 Å². The molecule has 0 aliphatic heterocycles. The van der Waals surface area contributed by atoms with Crippen molar-refractivity contribution in [3.05, 3.63) is 35.9 Å². The summed E-state index contributed by atoms with van der Waals surface area (Å²) in [6.07, 6.45) is 8.81. The normalized spacial score (nSPS) is 21.9. The minimum absolute atomic E-state index is 0.152. The lowest BCUT2D eigenvalue weighted by molar-refractivity contribution is -0.103. The van der Waals surface area contributed by atoms with Gasteiger partial charge in [0.25, 0.3) is 0 Å². The monoisotopic (exact) mass is 275 g/mol. The molecule has 1 aromatic rings. The topological polar surface area (TPSA) is 46.2 Å². The van der Waals surface area contributed by atoms with E-state index in [2.05, 4.69) is 19.1 Å². The Hall–Kier alpha value is -0.860. The summed E-state index contributed by atoms with van der Waals surface area (Å²) < 4.78 is 0. The standard InChI is InChI=1S/C18H29NO/c1-2-12-18(20,16-10-6-5-7-11-16)17(15-19)13-8-3-4-9-14-17/h5-7,10-11,20H,2-4,8-9,12-15,19H2,1H3. The molecule has 1 fully saturated rings. The predicted octanol–water partition coefficient (Wildman–Crippen LogP) is 3.97. The Morgan fingerprint density at radius 3 is 2.20 bits per heavy atom. The summed E-state index contributed by atoms with van der Waals surface area (Å²) in [6, 6.07) is 10.2. The smallest absolute Gasteiger partial charge is 0.0964 e. The largest absolute Gasteiger partial charge is 0.385 e. The highest BCUT2D eigenvalue weighted by Crippen LogP contribution is 2.50. The lowest BCUT2D eigenvalue weighted by Crippen LogP contribution is -2.50. The second-order valence-electron chi connectivity index (χ2n) is 6.37. The van der Waals surface area contributed by atoms with Gasteiger partial charge in [-0.05, 0) is 24.8 Å². The lowest BCUT2D eigenvalue weighted by Gasteiger charge is -2.47. The van der Waals surface area contributed by atoms with Gasteiger partial charge in [0.2, 0.25) is 0 Å². The van der Waals surface area contributed by atoms with E-state index in [1.807, 2.05) is 18.2 Å². The van der Waals surface area contributed by atoms with Crippen LogP contribution in [0.25, 0.3) is 0 Å². The van der Waals surface area contributed by atoms with Gasteiger partial charge < -0.3 is 10.8 Å². The summed E-state index contributed by atoms with van der Waals surface area (Å²) in [5, 5.41) is 11.6. The molecule has 2 heteroatoms. The Bertz CT molecular complexity index is 395. The summed E-state index contributed by atoms with van der Waals surface area (Å²) in [6.45, 7) is 2.73. The van der Waals surface area contributed by atoms with Crippen LogP contribution in [-0.2, 0) is 5.60 Å². The molecule has 0 bridgehead atoms. The number of hydrogen-bond acceptors (Lipinski definition) is 2. The van der Waals surface area contributed by atoms with Gasteiger partial charge in [-0.25, -0.2) is 0 Å². The van der Waals surface area contributed by atoms with Crippen molar-refractivity contribution in [2.45, 2.75) is 63.9 Å². The fourth-order valence-electron chi connectivity index (χ4n) is 3.98. The first-order valence-corrected chi connectivity index (χ1v) is 8.16. The van der Waals surface area contributed by atoms with Crippen LogP contribution in [0.15, 0.2) is 30.3 Å². The van der Waals surface area contributed by atoms with Gasteiger partial charge in [-0.1, -0.05) is 69.4 Å². The van der Waals surface area contributed by atoms with E-state index in [0.29, 0.717) is 6.54 Å². The van der Waals surface area contributed by atoms with Gasteiger partial charge in [0, 0.05) is 12.0 Å². The van der Waals surface area contributed by atoms with E-state index < -0.39 is 5.60 Å². The van der Waals surface area contributed by atoms with E-state index in [0.717, 1.165) is 31.2 Å². The molecule has 112 valence electrons. The van der Waals surface area contributed by atoms with Gasteiger partial charge in [-0.15, -0.1) is 0 Å². The van der Waals surface area contributed by atoms with Crippen LogP contribution in [0.1, 0.15) is 63.9 Å². The minimum atomic E-state index is -0.776. The SMILES string of the molecule is CCCC(O)(c1ccccc1)C1(CN)CCCCCC1. The van der Waals surface area contributed by atoms with Crippen LogP contribution in [0, 0.1) is 5.41 Å². The molecule has 0 saturated heterocycles. The molecule has 1 saturated carbocycles. The van der Waals surface area contributed by atoms with Gasteiger partial charge in [0.15, 0.2) is 0 Å². The molecular weight excluding hydrogens is 246 g/mol. The molecule has 1 aliphatic rings. The first-order chi connectivity index (χ1) is 9.68. The van der Waals surface area contributed by atoms with Crippen molar-refractivity contribution in [1.29, 1.82) is 0 Å². The van der Waals surface area contributed by atoms with E-state index in [1.165, 1.54) is 25.7 Å². The Morgan fingerprint density at radius 2 is 1.70 bits per heavy atom. The van der Waals surface area contributed by atoms with E-state index >= 15 is 0 Å². The van der Waals surface area contributed by atoms with Crippen LogP contribution in [0.5, 0.6) is 0 Å². The minimum Gasteiger partial charge on any atom is -0.385 e. The molecule has 0 amide bonds. The Morgan fingerprint density at radius 1 is 1.10 bits per heavy atom. The molecule has 1 aliphatic carbocycles. The zero-order chi connectivity index (χ0) is 14.5. The number of rotatable bonds is 5. The van der Waals surface area contributed by atoms with Crippen molar-refractivity contribution >= 4 is 0 Å². The first kappa shape index (κ1) is 15.5. The van der Waals surface area contributed by atoms with E-state index in [-0.39, 0.29) is 5.41 Å². The molecule has 1 unspecified atom stereocenters. The second kappa shape index (κ2) is 6.73. The van der Waals surface area contributed by atoms with E-state index in [4.69, 9.17) is 5.73 Å². The van der Waals surface area contributed by atoms with Gasteiger partial charge in [0.05, 0.1) is 5.60 Å². The third-order valence-corrected chi connectivity index (χ3v) is 5.19. The van der Waals surface area contributed by atoms with Crippen LogP contribution in [-0.4, -0.2) is 11.7 Å². The molecule has 1 atom stereocenters. The number of nitrogens with two attached hydrogens (primary N) is 1. The van der Waals surface area contributed by atoms with Crippen molar-refractivity contribution in [2.24, 2.45) is 11.1 Å². The van der Waals surface area contributed by atoms with Crippen LogP contribution >= 0.6 is 0 Å². The van der Waals surface area contributed by atoms with Crippen molar-refractivity contribution in [3.8, 4) is 0 Å². The van der Waals surface area contributed by atoms with Crippen molar-refractivity contribution in [1.82, 2.24) is 0 Å². The maximum atomic E-state index is 11.6. The van der Waals surface area contributed by atoms with Crippen LogP contribution < -0.4 is 5.73 Å². The highest BCUT2D eigenvalue weighted by Gasteiger charge is 2.49. The summed E-state index contributed by atoms with van der Waals surface area (Å²) >= 11 is 0. The summed E-state index contributed by atoms with van der Waals surface area (Å²) in [5.74, 6) is 0. The van der Waals surface area contributed by atoms with Crippen LogP contribution in [0.3, 0.4) is 0 Å². The predicted molar refractivity (Wildman–Crippen MR) is 84.4 cm³/mol. The number of benzene rings is 1. The van der Waals surface area contributed by atoms with Crippen LogP contribution in [0.2, 0.25) is 0 Å². The van der Waals surface area contributed by atoms with E-state index in [1.54, 1.807) is 0 Å². The fraction of sp³-hybridized carbons (Fsp3) is 0.667. The molecule has 0 aromatic heterocycles. The lowest BCUT2D eigenvalue weighted by atomic mass is 9.62. The Kier molecular flexibility index (Phi) is 5.22. The molecule has 0 radical (unpaired) electrons. The third kappa shape index (κ3) is 2.77. The third-order valence-electron chi connectivity index (χ3n) is 5.19. The summed E-state index contributed by atoms with van der Waals surface area (Å²) in [7, 11) is 0.